The number of ether oxygens (including phenoxy) is 1. The van der Waals surface area contributed by atoms with Gasteiger partial charge in [-0.15, -0.1) is 0 Å². The summed E-state index contributed by atoms with van der Waals surface area (Å²) >= 11 is 0. The molecule has 1 saturated heterocycles. The largest absolute Gasteiger partial charge is 0.382 e. The third kappa shape index (κ3) is 2.85. The van der Waals surface area contributed by atoms with Crippen LogP contribution >= 0.6 is 0 Å². The van der Waals surface area contributed by atoms with Crippen LogP contribution in [0.1, 0.15) is 56.1 Å². The Morgan fingerprint density at radius 1 is 1.15 bits per heavy atom. The van der Waals surface area contributed by atoms with Crippen molar-refractivity contribution in [1.82, 2.24) is 0 Å². The minimum atomic E-state index is 0.186. The van der Waals surface area contributed by atoms with E-state index in [1.54, 1.807) is 0 Å². The summed E-state index contributed by atoms with van der Waals surface area (Å²) in [5.41, 5.74) is 4.25. The van der Waals surface area contributed by atoms with Gasteiger partial charge in [0.05, 0.1) is 5.60 Å². The SMILES string of the molecule is Cc1cccc(NC2CCOC3(CCCCC3)C2)c1C. The number of rotatable bonds is 2. The van der Waals surface area contributed by atoms with Gasteiger partial charge in [0.25, 0.3) is 0 Å². The molecule has 1 spiro atoms. The highest BCUT2D eigenvalue weighted by Gasteiger charge is 2.38. The number of aryl methyl sites for hydroxylation is 1. The molecule has 2 nitrogen and oxygen atoms in total. The van der Waals surface area contributed by atoms with Gasteiger partial charge in [-0.2, -0.15) is 0 Å². The van der Waals surface area contributed by atoms with E-state index in [1.165, 1.54) is 55.3 Å². The second kappa shape index (κ2) is 5.77. The predicted octanol–water partition coefficient (Wildman–Crippen LogP) is 4.60. The van der Waals surface area contributed by atoms with E-state index in [2.05, 4.69) is 37.4 Å². The lowest BCUT2D eigenvalue weighted by Crippen LogP contribution is -2.45. The second-order valence-corrected chi connectivity index (χ2v) is 6.67. The van der Waals surface area contributed by atoms with Gasteiger partial charge in [-0.1, -0.05) is 31.4 Å². The first-order chi connectivity index (χ1) is 9.69. The number of hydrogen-bond donors (Lipinski definition) is 1. The monoisotopic (exact) mass is 273 g/mol. The third-order valence-electron chi connectivity index (χ3n) is 5.22. The quantitative estimate of drug-likeness (QED) is 0.850. The molecule has 2 fully saturated rings. The van der Waals surface area contributed by atoms with Gasteiger partial charge in [-0.05, 0) is 56.7 Å². The molecule has 1 N–H and O–H groups in total. The van der Waals surface area contributed by atoms with E-state index in [4.69, 9.17) is 4.74 Å². The Labute approximate surface area is 122 Å². The molecular weight excluding hydrogens is 246 g/mol. The maximum Gasteiger partial charge on any atom is 0.0702 e. The Balaban J connectivity index is 1.69. The molecule has 1 aliphatic heterocycles. The van der Waals surface area contributed by atoms with Crippen LogP contribution in [-0.2, 0) is 4.74 Å². The van der Waals surface area contributed by atoms with E-state index < -0.39 is 0 Å². The summed E-state index contributed by atoms with van der Waals surface area (Å²) in [6, 6.07) is 7.13. The number of nitrogens with one attached hydrogen (secondary N) is 1. The molecule has 0 amide bonds. The molecule has 20 heavy (non-hydrogen) atoms. The topological polar surface area (TPSA) is 21.3 Å². The zero-order valence-electron chi connectivity index (χ0n) is 12.9. The summed E-state index contributed by atoms with van der Waals surface area (Å²) in [4.78, 5) is 0. The standard InChI is InChI=1S/C18H27NO/c1-14-7-6-8-17(15(14)2)19-16-9-12-20-18(13-16)10-4-3-5-11-18/h6-8,16,19H,3-5,9-13H2,1-2H3. The molecule has 1 unspecified atom stereocenters. The van der Waals surface area contributed by atoms with Gasteiger partial charge < -0.3 is 10.1 Å². The van der Waals surface area contributed by atoms with Crippen LogP contribution in [0.2, 0.25) is 0 Å². The van der Waals surface area contributed by atoms with Gasteiger partial charge in [0.2, 0.25) is 0 Å². The molecule has 2 heteroatoms. The fourth-order valence-electron chi connectivity index (χ4n) is 3.82. The molecule has 1 aliphatic carbocycles. The third-order valence-corrected chi connectivity index (χ3v) is 5.22. The second-order valence-electron chi connectivity index (χ2n) is 6.67. The van der Waals surface area contributed by atoms with Gasteiger partial charge in [-0.3, -0.25) is 0 Å². The zero-order valence-corrected chi connectivity index (χ0v) is 12.9. The van der Waals surface area contributed by atoms with Gasteiger partial charge in [-0.25, -0.2) is 0 Å². The van der Waals surface area contributed by atoms with E-state index in [-0.39, 0.29) is 5.60 Å². The maximum atomic E-state index is 6.19. The Morgan fingerprint density at radius 3 is 2.75 bits per heavy atom. The van der Waals surface area contributed by atoms with Crippen molar-refractivity contribution in [2.75, 3.05) is 11.9 Å². The van der Waals surface area contributed by atoms with Crippen LogP contribution in [0.15, 0.2) is 18.2 Å². The highest BCUT2D eigenvalue weighted by atomic mass is 16.5. The van der Waals surface area contributed by atoms with Crippen molar-refractivity contribution in [1.29, 1.82) is 0 Å². The summed E-state index contributed by atoms with van der Waals surface area (Å²) in [6.45, 7) is 5.32. The van der Waals surface area contributed by atoms with Gasteiger partial charge in [0, 0.05) is 18.3 Å². The molecule has 1 saturated carbocycles. The van der Waals surface area contributed by atoms with Crippen molar-refractivity contribution < 1.29 is 4.74 Å². The molecular formula is C18H27NO. The van der Waals surface area contributed by atoms with E-state index in [1.807, 2.05) is 0 Å². The fourth-order valence-corrected chi connectivity index (χ4v) is 3.82. The van der Waals surface area contributed by atoms with Gasteiger partial charge >= 0.3 is 0 Å². The molecule has 1 atom stereocenters. The number of hydrogen-bond acceptors (Lipinski definition) is 2. The maximum absolute atomic E-state index is 6.19. The average Bonchev–Trinajstić information content (AvgIpc) is 2.45. The van der Waals surface area contributed by atoms with Crippen molar-refractivity contribution in [3.8, 4) is 0 Å². The molecule has 3 rings (SSSR count). The average molecular weight is 273 g/mol. The first-order valence-electron chi connectivity index (χ1n) is 8.15. The Hall–Kier alpha value is -1.02. The van der Waals surface area contributed by atoms with E-state index in [0.29, 0.717) is 6.04 Å². The van der Waals surface area contributed by atoms with Crippen molar-refractivity contribution >= 4 is 5.69 Å². The number of benzene rings is 1. The van der Waals surface area contributed by atoms with Gasteiger partial charge in [0.15, 0.2) is 0 Å². The minimum Gasteiger partial charge on any atom is -0.382 e. The molecule has 1 heterocycles. The summed E-state index contributed by atoms with van der Waals surface area (Å²) in [5, 5.41) is 3.78. The Kier molecular flexibility index (Phi) is 4.02. The van der Waals surface area contributed by atoms with Crippen molar-refractivity contribution in [3.63, 3.8) is 0 Å². The van der Waals surface area contributed by atoms with Crippen molar-refractivity contribution in [3.05, 3.63) is 29.3 Å². The van der Waals surface area contributed by atoms with E-state index >= 15 is 0 Å². The molecule has 1 aromatic carbocycles. The molecule has 2 aliphatic rings. The van der Waals surface area contributed by atoms with Crippen LogP contribution in [0.25, 0.3) is 0 Å². The van der Waals surface area contributed by atoms with E-state index in [9.17, 15) is 0 Å². The molecule has 110 valence electrons. The van der Waals surface area contributed by atoms with Crippen LogP contribution in [0.4, 0.5) is 5.69 Å². The molecule has 0 bridgehead atoms. The van der Waals surface area contributed by atoms with Crippen LogP contribution in [0, 0.1) is 13.8 Å². The summed E-state index contributed by atoms with van der Waals surface area (Å²) in [5.74, 6) is 0. The van der Waals surface area contributed by atoms with Crippen molar-refractivity contribution in [2.45, 2.75) is 70.4 Å². The summed E-state index contributed by atoms with van der Waals surface area (Å²) in [7, 11) is 0. The fraction of sp³-hybridized carbons (Fsp3) is 0.667. The van der Waals surface area contributed by atoms with Crippen LogP contribution < -0.4 is 5.32 Å². The Morgan fingerprint density at radius 2 is 1.95 bits per heavy atom. The molecule has 0 aromatic heterocycles. The highest BCUT2D eigenvalue weighted by molar-refractivity contribution is 5.54. The van der Waals surface area contributed by atoms with Crippen LogP contribution in [-0.4, -0.2) is 18.2 Å². The minimum absolute atomic E-state index is 0.186. The lowest BCUT2D eigenvalue weighted by atomic mass is 9.78. The normalized spacial score (nSPS) is 25.6. The van der Waals surface area contributed by atoms with Gasteiger partial charge in [0.1, 0.15) is 0 Å². The smallest absolute Gasteiger partial charge is 0.0702 e. The van der Waals surface area contributed by atoms with Crippen molar-refractivity contribution in [2.24, 2.45) is 0 Å². The molecule has 0 radical (unpaired) electrons. The highest BCUT2D eigenvalue weighted by Crippen LogP contribution is 2.39. The van der Waals surface area contributed by atoms with E-state index in [0.717, 1.165) is 13.0 Å². The Bertz CT molecular complexity index is 457. The summed E-state index contributed by atoms with van der Waals surface area (Å²) in [6.07, 6.45) is 8.91. The lowest BCUT2D eigenvalue weighted by Gasteiger charge is -2.44. The molecule has 1 aromatic rings. The number of anilines is 1. The first kappa shape index (κ1) is 13.9. The summed E-state index contributed by atoms with van der Waals surface area (Å²) < 4.78 is 6.19. The van der Waals surface area contributed by atoms with Crippen LogP contribution in [0.5, 0.6) is 0 Å². The predicted molar refractivity (Wildman–Crippen MR) is 84.3 cm³/mol. The first-order valence-corrected chi connectivity index (χ1v) is 8.15. The zero-order chi connectivity index (χ0) is 14.0. The lowest BCUT2D eigenvalue weighted by molar-refractivity contribution is -0.103. The van der Waals surface area contributed by atoms with Crippen LogP contribution in [0.3, 0.4) is 0 Å².